The van der Waals surface area contributed by atoms with E-state index in [1.807, 2.05) is 0 Å². The Bertz CT molecular complexity index is 1020. The third kappa shape index (κ3) is 4.85. The van der Waals surface area contributed by atoms with Crippen molar-refractivity contribution in [2.75, 3.05) is 23.3 Å². The van der Waals surface area contributed by atoms with Gasteiger partial charge in [0.25, 0.3) is 0 Å². The number of aromatic nitrogens is 2. The number of piperidine rings is 1. The highest BCUT2D eigenvalue weighted by atomic mass is 35.5. The van der Waals surface area contributed by atoms with Gasteiger partial charge in [0, 0.05) is 36.7 Å². The van der Waals surface area contributed by atoms with Crippen LogP contribution in [0.25, 0.3) is 0 Å². The Balaban J connectivity index is 1.35. The molecule has 0 unspecified atom stereocenters. The number of benzene rings is 1. The lowest BCUT2D eigenvalue weighted by Crippen LogP contribution is -2.38. The van der Waals surface area contributed by atoms with E-state index >= 15 is 0 Å². The van der Waals surface area contributed by atoms with Gasteiger partial charge in [0.05, 0.1) is 4.90 Å². The number of nitrogens with two attached hydrogens (primary N) is 1. The number of rotatable bonds is 5. The van der Waals surface area contributed by atoms with Crippen LogP contribution in [0.4, 0.5) is 11.5 Å². The molecule has 8 nitrogen and oxygen atoms in total. The van der Waals surface area contributed by atoms with Gasteiger partial charge in [-0.05, 0) is 49.9 Å². The number of primary sulfonamides is 1. The first-order chi connectivity index (χ1) is 13.8. The van der Waals surface area contributed by atoms with Gasteiger partial charge in [-0.1, -0.05) is 11.6 Å². The van der Waals surface area contributed by atoms with Gasteiger partial charge in [-0.15, -0.1) is 0 Å². The van der Waals surface area contributed by atoms with Crippen molar-refractivity contribution in [3.63, 3.8) is 0 Å². The Morgan fingerprint density at radius 2 is 1.76 bits per heavy atom. The summed E-state index contributed by atoms with van der Waals surface area (Å²) >= 11 is 6.16. The van der Waals surface area contributed by atoms with Crippen molar-refractivity contribution in [2.24, 2.45) is 11.1 Å². The molecule has 3 N–H and O–H groups in total. The molecular weight excluding hydrogens is 414 g/mol. The molecule has 4 rings (SSSR count). The lowest BCUT2D eigenvalue weighted by molar-refractivity contribution is -0.120. The molecule has 2 aliphatic rings. The highest BCUT2D eigenvalue weighted by Gasteiger charge is 2.30. The minimum Gasteiger partial charge on any atom is -0.356 e. The van der Waals surface area contributed by atoms with Crippen LogP contribution < -0.4 is 15.4 Å². The molecule has 29 heavy (non-hydrogen) atoms. The topological polar surface area (TPSA) is 118 Å². The third-order valence-corrected chi connectivity index (χ3v) is 6.40. The summed E-state index contributed by atoms with van der Waals surface area (Å²) in [7, 11) is -3.75. The fourth-order valence-electron chi connectivity index (χ4n) is 3.45. The van der Waals surface area contributed by atoms with Crippen molar-refractivity contribution < 1.29 is 13.2 Å². The minimum absolute atomic E-state index is 0.0119. The van der Waals surface area contributed by atoms with Crippen molar-refractivity contribution in [3.8, 4) is 0 Å². The maximum absolute atomic E-state index is 12.6. The van der Waals surface area contributed by atoms with E-state index < -0.39 is 10.0 Å². The molecular formula is C19H22ClN5O3S. The van der Waals surface area contributed by atoms with Gasteiger partial charge in [-0.3, -0.25) is 4.79 Å². The summed E-state index contributed by atoms with van der Waals surface area (Å²) < 4.78 is 22.6. The van der Waals surface area contributed by atoms with E-state index in [1.54, 1.807) is 6.07 Å². The maximum Gasteiger partial charge on any atom is 0.238 e. The molecule has 0 spiro atoms. The van der Waals surface area contributed by atoms with Gasteiger partial charge in [0.1, 0.15) is 16.8 Å². The van der Waals surface area contributed by atoms with Gasteiger partial charge in [-0.25, -0.2) is 23.5 Å². The predicted molar refractivity (Wildman–Crippen MR) is 110 cm³/mol. The lowest BCUT2D eigenvalue weighted by Gasteiger charge is -2.32. The number of halogens is 1. The van der Waals surface area contributed by atoms with E-state index in [-0.39, 0.29) is 16.7 Å². The van der Waals surface area contributed by atoms with Crippen molar-refractivity contribution in [2.45, 2.75) is 36.5 Å². The number of hydrogen-bond acceptors (Lipinski definition) is 6. The molecule has 1 aliphatic carbocycles. The van der Waals surface area contributed by atoms with E-state index in [1.165, 1.54) is 24.3 Å². The summed E-state index contributed by atoms with van der Waals surface area (Å²) in [5, 5.41) is 8.39. The maximum atomic E-state index is 12.6. The number of amides is 1. The smallest absolute Gasteiger partial charge is 0.238 e. The monoisotopic (exact) mass is 435 g/mol. The predicted octanol–water partition coefficient (Wildman–Crippen LogP) is 2.51. The normalized spacial score (nSPS) is 17.9. The van der Waals surface area contributed by atoms with Gasteiger partial charge < -0.3 is 10.2 Å². The van der Waals surface area contributed by atoms with Crippen molar-refractivity contribution in [1.82, 2.24) is 9.97 Å². The van der Waals surface area contributed by atoms with Crippen LogP contribution in [0, 0.1) is 5.92 Å². The van der Waals surface area contributed by atoms with E-state index in [0.717, 1.165) is 24.5 Å². The highest BCUT2D eigenvalue weighted by molar-refractivity contribution is 7.89. The second kappa shape index (κ2) is 7.89. The molecule has 2 aromatic rings. The summed E-state index contributed by atoms with van der Waals surface area (Å²) in [5.74, 6) is 1.87. The van der Waals surface area contributed by atoms with Crippen LogP contribution in [0.15, 0.2) is 35.2 Å². The molecule has 1 aromatic heterocycles. The van der Waals surface area contributed by atoms with Crippen molar-refractivity contribution in [3.05, 3.63) is 41.3 Å². The summed E-state index contributed by atoms with van der Waals surface area (Å²) in [4.78, 5) is 23.7. The Hall–Kier alpha value is -2.23. The Morgan fingerprint density at radius 3 is 2.34 bits per heavy atom. The average Bonchev–Trinajstić information content (AvgIpc) is 3.53. The molecule has 1 aromatic carbocycles. The van der Waals surface area contributed by atoms with Gasteiger partial charge in [0.15, 0.2) is 0 Å². The molecule has 1 saturated heterocycles. The SMILES string of the molecule is NS(=O)(=O)c1ccc(NC(=O)C2CCN(c3cc(Cl)nc(C4CC4)n3)CC2)cc1. The summed E-state index contributed by atoms with van der Waals surface area (Å²) in [6.07, 6.45) is 3.61. The molecule has 2 heterocycles. The molecule has 0 atom stereocenters. The van der Waals surface area contributed by atoms with Gasteiger partial charge in [-0.2, -0.15) is 0 Å². The fourth-order valence-corrected chi connectivity index (χ4v) is 4.15. The number of nitrogens with zero attached hydrogens (tertiary/aromatic N) is 3. The van der Waals surface area contributed by atoms with Gasteiger partial charge in [0.2, 0.25) is 15.9 Å². The van der Waals surface area contributed by atoms with Crippen LogP contribution in [0.3, 0.4) is 0 Å². The second-order valence-electron chi connectivity index (χ2n) is 7.50. The Morgan fingerprint density at radius 1 is 1.10 bits per heavy atom. The Kier molecular flexibility index (Phi) is 5.46. The third-order valence-electron chi connectivity index (χ3n) is 5.28. The molecule has 0 bridgehead atoms. The average molecular weight is 436 g/mol. The van der Waals surface area contributed by atoms with Crippen LogP contribution in [-0.4, -0.2) is 37.4 Å². The van der Waals surface area contributed by atoms with E-state index in [9.17, 15) is 13.2 Å². The molecule has 1 saturated carbocycles. The zero-order chi connectivity index (χ0) is 20.6. The van der Waals surface area contributed by atoms with Crippen molar-refractivity contribution in [1.29, 1.82) is 0 Å². The van der Waals surface area contributed by atoms with Crippen LogP contribution in [0.2, 0.25) is 5.15 Å². The highest BCUT2D eigenvalue weighted by Crippen LogP contribution is 2.39. The number of nitrogens with one attached hydrogen (secondary N) is 1. The number of carbonyl (C=O) groups is 1. The first-order valence-electron chi connectivity index (χ1n) is 9.53. The zero-order valence-electron chi connectivity index (χ0n) is 15.7. The van der Waals surface area contributed by atoms with Crippen molar-refractivity contribution >= 4 is 39.0 Å². The first kappa shape index (κ1) is 20.1. The summed E-state index contributed by atoms with van der Waals surface area (Å²) in [6, 6.07) is 7.61. The molecule has 154 valence electrons. The second-order valence-corrected chi connectivity index (χ2v) is 9.45. The largest absolute Gasteiger partial charge is 0.356 e. The standard InChI is InChI=1S/C19H22ClN5O3S/c20-16-11-17(24-18(23-16)12-1-2-12)25-9-7-13(8-10-25)19(26)22-14-3-5-15(6-4-14)29(21,27)28/h3-6,11-13H,1-2,7-10H2,(H,22,26)(H2,21,27,28). The number of sulfonamides is 1. The first-order valence-corrected chi connectivity index (χ1v) is 11.5. The number of hydrogen-bond donors (Lipinski definition) is 2. The lowest BCUT2D eigenvalue weighted by atomic mass is 9.96. The van der Waals surface area contributed by atoms with E-state index in [2.05, 4.69) is 20.2 Å². The minimum atomic E-state index is -3.75. The van der Waals surface area contributed by atoms with E-state index in [0.29, 0.717) is 42.7 Å². The van der Waals surface area contributed by atoms with Crippen LogP contribution >= 0.6 is 11.6 Å². The molecule has 10 heteroatoms. The Labute approximate surface area is 174 Å². The number of anilines is 2. The van der Waals surface area contributed by atoms with Crippen LogP contribution in [0.5, 0.6) is 0 Å². The van der Waals surface area contributed by atoms with Gasteiger partial charge >= 0.3 is 0 Å². The van der Waals surface area contributed by atoms with Crippen LogP contribution in [0.1, 0.15) is 37.4 Å². The number of carbonyl (C=O) groups excluding carboxylic acids is 1. The zero-order valence-corrected chi connectivity index (χ0v) is 17.3. The summed E-state index contributed by atoms with van der Waals surface area (Å²) in [5.41, 5.74) is 0.543. The molecule has 0 radical (unpaired) electrons. The fraction of sp³-hybridized carbons (Fsp3) is 0.421. The molecule has 1 aliphatic heterocycles. The van der Waals surface area contributed by atoms with E-state index in [4.69, 9.17) is 16.7 Å². The quantitative estimate of drug-likeness (QED) is 0.696. The molecule has 2 fully saturated rings. The summed E-state index contributed by atoms with van der Waals surface area (Å²) in [6.45, 7) is 1.42. The molecule has 1 amide bonds. The van der Waals surface area contributed by atoms with Crippen LogP contribution in [-0.2, 0) is 14.8 Å².